The molecule has 2 heterocycles. The van der Waals surface area contributed by atoms with Gasteiger partial charge in [-0.15, -0.1) is 0 Å². The number of amides is 1. The van der Waals surface area contributed by atoms with Crippen molar-refractivity contribution < 1.29 is 17.7 Å². The quantitative estimate of drug-likeness (QED) is 0.902. The predicted molar refractivity (Wildman–Crippen MR) is 94.2 cm³/mol. The molecule has 0 atom stereocenters. The highest BCUT2D eigenvalue weighted by Crippen LogP contribution is 2.41. The molecule has 1 aromatic carbocycles. The predicted octanol–water partition coefficient (Wildman–Crippen LogP) is 2.82. The summed E-state index contributed by atoms with van der Waals surface area (Å²) in [6, 6.07) is 6.35. The number of hydrogen-bond donors (Lipinski definition) is 1. The van der Waals surface area contributed by atoms with Crippen molar-refractivity contribution in [2.24, 2.45) is 0 Å². The zero-order chi connectivity index (χ0) is 18.4. The molecular weight excluding hydrogens is 342 g/mol. The molecule has 1 aromatic heterocycles. The minimum absolute atomic E-state index is 0.0480. The van der Waals surface area contributed by atoms with Crippen LogP contribution < -0.4 is 9.62 Å². The van der Waals surface area contributed by atoms with E-state index in [-0.39, 0.29) is 16.6 Å². The summed E-state index contributed by atoms with van der Waals surface area (Å²) in [7, 11) is -3.80. The van der Waals surface area contributed by atoms with Crippen LogP contribution in [0.15, 0.2) is 33.7 Å². The van der Waals surface area contributed by atoms with E-state index in [0.29, 0.717) is 18.7 Å². The summed E-state index contributed by atoms with van der Waals surface area (Å²) < 4.78 is 32.6. The Bertz CT molecular complexity index is 931. The minimum atomic E-state index is -3.80. The third kappa shape index (κ3) is 3.13. The van der Waals surface area contributed by atoms with Gasteiger partial charge >= 0.3 is 0 Å². The summed E-state index contributed by atoms with van der Waals surface area (Å²) in [5.74, 6) is 0.702. The van der Waals surface area contributed by atoms with Gasteiger partial charge in [-0.25, -0.2) is 8.42 Å². The second-order valence-electron chi connectivity index (χ2n) is 6.81. The number of carbonyl (C=O) groups is 1. The number of fused-ring (bicyclic) bond motifs is 1. The molecule has 134 valence electrons. The van der Waals surface area contributed by atoms with Crippen LogP contribution in [0.4, 0.5) is 11.5 Å². The normalized spacial score (nSPS) is 16.6. The van der Waals surface area contributed by atoms with E-state index in [9.17, 15) is 13.2 Å². The van der Waals surface area contributed by atoms with Gasteiger partial charge in [-0.3, -0.25) is 9.52 Å². The van der Waals surface area contributed by atoms with Crippen LogP contribution in [0.2, 0.25) is 0 Å². The summed E-state index contributed by atoms with van der Waals surface area (Å²) in [4.78, 5) is 14.1. The molecule has 8 heteroatoms. The standard InChI is InChI=1S/C17H21N3O4S/c1-5-20-14-7-6-12(9-13(14)17(3,4)10-16(20)21)25(22,23)19-15-8-11(2)24-18-15/h6-9H,5,10H2,1-4H3,(H,18,19). The first kappa shape index (κ1) is 17.5. The summed E-state index contributed by atoms with van der Waals surface area (Å²) in [5, 5.41) is 3.66. The van der Waals surface area contributed by atoms with Crippen LogP contribution in [0, 0.1) is 6.92 Å². The van der Waals surface area contributed by atoms with E-state index in [1.54, 1.807) is 24.0 Å². The van der Waals surface area contributed by atoms with Crippen molar-refractivity contribution in [3.63, 3.8) is 0 Å². The Morgan fingerprint density at radius 3 is 2.64 bits per heavy atom. The number of hydrogen-bond acceptors (Lipinski definition) is 5. The van der Waals surface area contributed by atoms with E-state index in [2.05, 4.69) is 9.88 Å². The van der Waals surface area contributed by atoms with Gasteiger partial charge in [0, 0.05) is 30.1 Å². The third-order valence-corrected chi connectivity index (χ3v) is 5.73. The first-order valence-electron chi connectivity index (χ1n) is 8.05. The van der Waals surface area contributed by atoms with Gasteiger partial charge in [0.25, 0.3) is 10.0 Å². The topological polar surface area (TPSA) is 92.5 Å². The number of aryl methyl sites for hydroxylation is 1. The van der Waals surface area contributed by atoms with Gasteiger partial charge in [-0.1, -0.05) is 19.0 Å². The molecule has 3 rings (SSSR count). The van der Waals surface area contributed by atoms with E-state index in [4.69, 9.17) is 4.52 Å². The molecule has 0 radical (unpaired) electrons. The molecule has 0 spiro atoms. The van der Waals surface area contributed by atoms with Crippen molar-refractivity contribution in [2.45, 2.75) is 44.4 Å². The Balaban J connectivity index is 2.04. The van der Waals surface area contributed by atoms with Crippen molar-refractivity contribution >= 4 is 27.4 Å². The lowest BCUT2D eigenvalue weighted by Gasteiger charge is -2.38. The number of carbonyl (C=O) groups excluding carboxylic acids is 1. The molecule has 2 aromatic rings. The van der Waals surface area contributed by atoms with Crippen LogP contribution in [-0.2, 0) is 20.2 Å². The number of aromatic nitrogens is 1. The molecule has 0 bridgehead atoms. The van der Waals surface area contributed by atoms with Crippen molar-refractivity contribution in [1.29, 1.82) is 0 Å². The second-order valence-corrected chi connectivity index (χ2v) is 8.49. The Hall–Kier alpha value is -2.35. The number of nitrogens with one attached hydrogen (secondary N) is 1. The Kier molecular flexibility index (Phi) is 4.10. The van der Waals surface area contributed by atoms with E-state index in [1.165, 1.54) is 12.1 Å². The summed E-state index contributed by atoms with van der Waals surface area (Å²) in [6.45, 7) is 8.02. The lowest BCUT2D eigenvalue weighted by molar-refractivity contribution is -0.120. The van der Waals surface area contributed by atoms with Gasteiger partial charge in [-0.05, 0) is 37.6 Å². The average molecular weight is 363 g/mol. The zero-order valence-electron chi connectivity index (χ0n) is 14.7. The maximum atomic E-state index is 12.6. The maximum absolute atomic E-state index is 12.6. The smallest absolute Gasteiger partial charge is 0.263 e. The van der Waals surface area contributed by atoms with E-state index in [0.717, 1.165) is 11.3 Å². The zero-order valence-corrected chi connectivity index (χ0v) is 15.5. The van der Waals surface area contributed by atoms with Crippen LogP contribution in [0.5, 0.6) is 0 Å². The van der Waals surface area contributed by atoms with Crippen LogP contribution in [-0.4, -0.2) is 26.0 Å². The highest BCUT2D eigenvalue weighted by atomic mass is 32.2. The van der Waals surface area contributed by atoms with E-state index in [1.807, 2.05) is 20.8 Å². The number of rotatable bonds is 4. The van der Waals surface area contributed by atoms with Gasteiger partial charge < -0.3 is 9.42 Å². The lowest BCUT2D eigenvalue weighted by atomic mass is 9.77. The fraction of sp³-hybridized carbons (Fsp3) is 0.412. The van der Waals surface area contributed by atoms with Gasteiger partial charge in [0.15, 0.2) is 5.82 Å². The van der Waals surface area contributed by atoms with Crippen molar-refractivity contribution in [1.82, 2.24) is 5.16 Å². The molecule has 1 aliphatic heterocycles. The fourth-order valence-corrected chi connectivity index (χ4v) is 4.13. The number of sulfonamides is 1. The Morgan fingerprint density at radius 1 is 1.32 bits per heavy atom. The number of nitrogens with zero attached hydrogens (tertiary/aromatic N) is 2. The van der Waals surface area contributed by atoms with Gasteiger partial charge in [0.1, 0.15) is 5.76 Å². The lowest BCUT2D eigenvalue weighted by Crippen LogP contribution is -2.41. The van der Waals surface area contributed by atoms with Crippen molar-refractivity contribution in [3.05, 3.63) is 35.6 Å². The second kappa shape index (κ2) is 5.87. The maximum Gasteiger partial charge on any atom is 0.263 e. The SMILES string of the molecule is CCN1C(=O)CC(C)(C)c2cc(S(=O)(=O)Nc3cc(C)on3)ccc21. The molecule has 0 fully saturated rings. The van der Waals surface area contributed by atoms with Gasteiger partial charge in [0.05, 0.1) is 4.90 Å². The first-order chi connectivity index (χ1) is 11.6. The molecular formula is C17H21N3O4S. The molecule has 0 unspecified atom stereocenters. The molecule has 1 N–H and O–H groups in total. The number of anilines is 2. The minimum Gasteiger partial charge on any atom is -0.360 e. The molecule has 0 saturated heterocycles. The van der Waals surface area contributed by atoms with Crippen molar-refractivity contribution in [3.8, 4) is 0 Å². The molecule has 7 nitrogen and oxygen atoms in total. The molecule has 0 aliphatic carbocycles. The largest absolute Gasteiger partial charge is 0.360 e. The van der Waals surface area contributed by atoms with Crippen LogP contribution in [0.3, 0.4) is 0 Å². The monoisotopic (exact) mass is 363 g/mol. The Morgan fingerprint density at radius 2 is 2.04 bits per heavy atom. The highest BCUT2D eigenvalue weighted by molar-refractivity contribution is 7.92. The van der Waals surface area contributed by atoms with Crippen molar-refractivity contribution in [2.75, 3.05) is 16.2 Å². The summed E-state index contributed by atoms with van der Waals surface area (Å²) >= 11 is 0. The highest BCUT2D eigenvalue weighted by Gasteiger charge is 2.37. The van der Waals surface area contributed by atoms with E-state index < -0.39 is 15.4 Å². The molecule has 0 saturated carbocycles. The van der Waals surface area contributed by atoms with E-state index >= 15 is 0 Å². The summed E-state index contributed by atoms with van der Waals surface area (Å²) in [6.07, 6.45) is 0.341. The van der Waals surface area contributed by atoms with Gasteiger partial charge in [0.2, 0.25) is 5.91 Å². The first-order valence-corrected chi connectivity index (χ1v) is 9.53. The Labute approximate surface area is 147 Å². The molecule has 1 amide bonds. The molecule has 1 aliphatic rings. The van der Waals surface area contributed by atoms with Crippen LogP contribution in [0.25, 0.3) is 0 Å². The van der Waals surface area contributed by atoms with Crippen LogP contribution in [0.1, 0.15) is 38.5 Å². The number of benzene rings is 1. The third-order valence-electron chi connectivity index (χ3n) is 4.38. The fourth-order valence-electron chi connectivity index (χ4n) is 3.12. The van der Waals surface area contributed by atoms with Gasteiger partial charge in [-0.2, -0.15) is 0 Å². The summed E-state index contributed by atoms with van der Waals surface area (Å²) in [5.41, 5.74) is 1.17. The molecule has 25 heavy (non-hydrogen) atoms. The van der Waals surface area contributed by atoms with Crippen LogP contribution >= 0.6 is 0 Å². The average Bonchev–Trinajstić information content (AvgIpc) is 2.91.